The molecule has 1 aromatic heterocycles. The van der Waals surface area contributed by atoms with Crippen LogP contribution in [0.5, 0.6) is 11.5 Å². The number of tetrazole rings is 1. The van der Waals surface area contributed by atoms with Gasteiger partial charge in [-0.25, -0.2) is 9.48 Å². The smallest absolute Gasteiger partial charge is 0.328 e. The highest BCUT2D eigenvalue weighted by Gasteiger charge is 2.27. The highest BCUT2D eigenvalue weighted by atomic mass is 16.5. The van der Waals surface area contributed by atoms with Crippen molar-refractivity contribution >= 4 is 5.97 Å². The molecule has 1 unspecified atom stereocenters. The van der Waals surface area contributed by atoms with Crippen LogP contribution in [0.25, 0.3) is 0 Å². The van der Waals surface area contributed by atoms with Gasteiger partial charge in [0.2, 0.25) is 0 Å². The second-order valence-electron chi connectivity index (χ2n) is 5.26. The van der Waals surface area contributed by atoms with Crippen molar-refractivity contribution in [1.82, 2.24) is 20.2 Å². The van der Waals surface area contributed by atoms with Gasteiger partial charge < -0.3 is 14.6 Å². The van der Waals surface area contributed by atoms with Crippen molar-refractivity contribution in [1.29, 1.82) is 0 Å². The first-order valence-electron chi connectivity index (χ1n) is 7.38. The van der Waals surface area contributed by atoms with Gasteiger partial charge in [0, 0.05) is 0 Å². The van der Waals surface area contributed by atoms with Gasteiger partial charge in [0.1, 0.15) is 18.1 Å². The molecule has 0 saturated carbocycles. The van der Waals surface area contributed by atoms with E-state index in [0.717, 1.165) is 5.75 Å². The second kappa shape index (κ2) is 7.57. The Bertz CT molecular complexity index is 639. The lowest BCUT2D eigenvalue weighted by Gasteiger charge is -2.17. The number of aromatic nitrogens is 4. The van der Waals surface area contributed by atoms with Crippen LogP contribution in [0.3, 0.4) is 0 Å². The maximum absolute atomic E-state index is 11.4. The predicted octanol–water partition coefficient (Wildman–Crippen LogP) is 1.93. The molecule has 1 heterocycles. The van der Waals surface area contributed by atoms with E-state index >= 15 is 0 Å². The molecular weight excluding hydrogens is 300 g/mol. The minimum atomic E-state index is -0.977. The third-order valence-electron chi connectivity index (χ3n) is 3.21. The molecule has 0 fully saturated rings. The summed E-state index contributed by atoms with van der Waals surface area (Å²) < 4.78 is 12.3. The van der Waals surface area contributed by atoms with Gasteiger partial charge in [-0.05, 0) is 47.5 Å². The van der Waals surface area contributed by atoms with Gasteiger partial charge in [0.05, 0.1) is 6.61 Å². The molecule has 0 aliphatic rings. The van der Waals surface area contributed by atoms with E-state index in [2.05, 4.69) is 15.5 Å². The van der Waals surface area contributed by atoms with Crippen molar-refractivity contribution in [2.24, 2.45) is 5.92 Å². The molecule has 0 aliphatic heterocycles. The fourth-order valence-electron chi connectivity index (χ4n) is 2.14. The number of hydrogen-bond donors (Lipinski definition) is 1. The van der Waals surface area contributed by atoms with Crippen LogP contribution in [-0.2, 0) is 11.4 Å². The average molecular weight is 320 g/mol. The van der Waals surface area contributed by atoms with Crippen molar-refractivity contribution in [3.05, 3.63) is 30.1 Å². The predicted molar refractivity (Wildman–Crippen MR) is 81.3 cm³/mol. The van der Waals surface area contributed by atoms with E-state index in [1.54, 1.807) is 38.1 Å². The molecule has 2 rings (SSSR count). The number of rotatable bonds is 8. The molecule has 0 aliphatic carbocycles. The van der Waals surface area contributed by atoms with Crippen LogP contribution in [0.4, 0.5) is 0 Å². The molecular formula is C15H20N4O4. The van der Waals surface area contributed by atoms with Gasteiger partial charge in [-0.2, -0.15) is 0 Å². The largest absolute Gasteiger partial charge is 0.494 e. The van der Waals surface area contributed by atoms with E-state index in [4.69, 9.17) is 9.47 Å². The summed E-state index contributed by atoms with van der Waals surface area (Å²) in [6.45, 7) is 6.20. The Morgan fingerprint density at radius 1 is 1.22 bits per heavy atom. The van der Waals surface area contributed by atoms with Crippen molar-refractivity contribution in [3.8, 4) is 11.5 Å². The van der Waals surface area contributed by atoms with E-state index < -0.39 is 12.0 Å². The first-order chi connectivity index (χ1) is 11.0. The lowest BCUT2D eigenvalue weighted by Crippen LogP contribution is -2.27. The molecule has 2 aromatic rings. The summed E-state index contributed by atoms with van der Waals surface area (Å²) in [5.74, 6) is 0.615. The monoisotopic (exact) mass is 320 g/mol. The molecule has 8 nitrogen and oxygen atoms in total. The van der Waals surface area contributed by atoms with Gasteiger partial charge in [0.25, 0.3) is 0 Å². The van der Waals surface area contributed by atoms with Gasteiger partial charge in [-0.15, -0.1) is 5.10 Å². The minimum Gasteiger partial charge on any atom is -0.494 e. The molecule has 0 amide bonds. The zero-order valence-corrected chi connectivity index (χ0v) is 13.3. The lowest BCUT2D eigenvalue weighted by molar-refractivity contribution is -0.142. The van der Waals surface area contributed by atoms with Crippen LogP contribution >= 0.6 is 0 Å². The summed E-state index contributed by atoms with van der Waals surface area (Å²) in [7, 11) is 0. The van der Waals surface area contributed by atoms with Crippen molar-refractivity contribution in [3.63, 3.8) is 0 Å². The van der Waals surface area contributed by atoms with Crippen molar-refractivity contribution in [2.45, 2.75) is 33.4 Å². The molecule has 8 heteroatoms. The Kier molecular flexibility index (Phi) is 5.51. The van der Waals surface area contributed by atoms with Gasteiger partial charge in [-0.1, -0.05) is 13.8 Å². The molecule has 23 heavy (non-hydrogen) atoms. The summed E-state index contributed by atoms with van der Waals surface area (Å²) in [4.78, 5) is 11.4. The summed E-state index contributed by atoms with van der Waals surface area (Å²) >= 11 is 0. The van der Waals surface area contributed by atoms with Gasteiger partial charge in [-0.3, -0.25) is 0 Å². The first kappa shape index (κ1) is 16.7. The Labute approximate surface area is 134 Å². The Hall–Kier alpha value is -2.64. The molecule has 0 saturated heterocycles. The number of carboxylic acid groups (broad SMARTS) is 1. The summed E-state index contributed by atoms with van der Waals surface area (Å²) in [5.41, 5.74) is 0. The molecule has 1 atom stereocenters. The Morgan fingerprint density at radius 2 is 1.83 bits per heavy atom. The van der Waals surface area contributed by atoms with E-state index in [1.165, 1.54) is 4.68 Å². The Morgan fingerprint density at radius 3 is 2.35 bits per heavy atom. The minimum absolute atomic E-state index is 0.0808. The topological polar surface area (TPSA) is 99.4 Å². The molecule has 1 aromatic carbocycles. The summed E-state index contributed by atoms with van der Waals surface area (Å²) in [6.07, 6.45) is 0. The number of carbonyl (C=O) groups is 1. The van der Waals surface area contributed by atoms with E-state index in [0.29, 0.717) is 18.2 Å². The van der Waals surface area contributed by atoms with Crippen LogP contribution in [0.2, 0.25) is 0 Å². The maximum atomic E-state index is 11.4. The fourth-order valence-corrected chi connectivity index (χ4v) is 2.14. The fraction of sp³-hybridized carbons (Fsp3) is 0.467. The second-order valence-corrected chi connectivity index (χ2v) is 5.26. The quantitative estimate of drug-likeness (QED) is 0.793. The highest BCUT2D eigenvalue weighted by Crippen LogP contribution is 2.20. The van der Waals surface area contributed by atoms with Crippen LogP contribution < -0.4 is 9.47 Å². The van der Waals surface area contributed by atoms with Crippen LogP contribution in [0.15, 0.2) is 24.3 Å². The molecule has 1 N–H and O–H groups in total. The number of ether oxygens (including phenoxy) is 2. The van der Waals surface area contributed by atoms with Crippen LogP contribution in [0.1, 0.15) is 32.6 Å². The molecule has 0 radical (unpaired) electrons. The number of aliphatic carboxylic acids is 1. The van der Waals surface area contributed by atoms with E-state index in [-0.39, 0.29) is 12.5 Å². The summed E-state index contributed by atoms with van der Waals surface area (Å²) in [5, 5.41) is 20.5. The zero-order chi connectivity index (χ0) is 16.8. The zero-order valence-electron chi connectivity index (χ0n) is 13.3. The first-order valence-corrected chi connectivity index (χ1v) is 7.38. The standard InChI is InChI=1S/C15H20N4O4/c1-4-22-11-5-7-12(8-6-11)23-9-13-16-17-18-19(13)14(10(2)3)15(20)21/h5-8,10,14H,4,9H2,1-3H3,(H,20,21). The molecule has 0 spiro atoms. The Balaban J connectivity index is 2.07. The molecule has 124 valence electrons. The summed E-state index contributed by atoms with van der Waals surface area (Å²) in [6, 6.07) is 6.32. The van der Waals surface area contributed by atoms with Crippen LogP contribution in [0, 0.1) is 5.92 Å². The van der Waals surface area contributed by atoms with Crippen molar-refractivity contribution in [2.75, 3.05) is 6.61 Å². The lowest BCUT2D eigenvalue weighted by atomic mass is 10.1. The average Bonchev–Trinajstić information content (AvgIpc) is 2.94. The van der Waals surface area contributed by atoms with E-state index in [9.17, 15) is 9.90 Å². The van der Waals surface area contributed by atoms with Crippen molar-refractivity contribution < 1.29 is 19.4 Å². The van der Waals surface area contributed by atoms with Gasteiger partial charge >= 0.3 is 5.97 Å². The number of hydrogen-bond acceptors (Lipinski definition) is 6. The maximum Gasteiger partial charge on any atom is 0.328 e. The normalized spacial score (nSPS) is 12.2. The third-order valence-corrected chi connectivity index (χ3v) is 3.21. The number of benzene rings is 1. The number of nitrogens with zero attached hydrogens (tertiary/aromatic N) is 4. The van der Waals surface area contributed by atoms with E-state index in [1.807, 2.05) is 6.92 Å². The highest BCUT2D eigenvalue weighted by molar-refractivity contribution is 5.72. The third kappa shape index (κ3) is 4.18. The SMILES string of the molecule is CCOc1ccc(OCc2nnnn2C(C(=O)O)C(C)C)cc1. The number of carboxylic acids is 1. The van der Waals surface area contributed by atoms with Crippen LogP contribution in [-0.4, -0.2) is 37.9 Å². The molecule has 0 bridgehead atoms. The van der Waals surface area contributed by atoms with Gasteiger partial charge in [0.15, 0.2) is 11.9 Å².